The van der Waals surface area contributed by atoms with E-state index in [1.807, 2.05) is 24.3 Å². The predicted octanol–water partition coefficient (Wildman–Crippen LogP) is 1.90. The first-order chi connectivity index (χ1) is 10.3. The van der Waals surface area contributed by atoms with E-state index in [2.05, 4.69) is 19.9 Å². The van der Waals surface area contributed by atoms with Crippen molar-refractivity contribution in [3.63, 3.8) is 0 Å². The summed E-state index contributed by atoms with van der Waals surface area (Å²) >= 11 is 0. The molecule has 0 fully saturated rings. The fraction of sp³-hybridized carbons (Fsp3) is 0.0667. The average molecular weight is 280 g/mol. The normalized spacial score (nSPS) is 10.3. The lowest BCUT2D eigenvalue weighted by atomic mass is 10.2. The number of H-pyrrole nitrogens is 1. The van der Waals surface area contributed by atoms with Gasteiger partial charge in [-0.05, 0) is 36.4 Å². The molecule has 0 saturated carbocycles. The van der Waals surface area contributed by atoms with E-state index in [-0.39, 0.29) is 0 Å². The third-order valence-electron chi connectivity index (χ3n) is 2.95. The summed E-state index contributed by atoms with van der Waals surface area (Å²) in [5.41, 5.74) is 1.08. The molecule has 2 heterocycles. The maximum atomic E-state index is 11.7. The van der Waals surface area contributed by atoms with Crippen LogP contribution in [0.4, 0.5) is 0 Å². The molecule has 0 unspecified atom stereocenters. The minimum absolute atomic E-state index is 0.368. The van der Waals surface area contributed by atoms with Crippen molar-refractivity contribution in [3.05, 3.63) is 59.3 Å². The number of nitrogens with zero attached hydrogens (tertiary/aromatic N) is 3. The zero-order valence-electron chi connectivity index (χ0n) is 11.3. The van der Waals surface area contributed by atoms with E-state index < -0.39 is 5.69 Å². The summed E-state index contributed by atoms with van der Waals surface area (Å²) in [6, 6.07) is 10.8. The number of nitrogens with one attached hydrogen (secondary N) is 1. The molecule has 1 aromatic carbocycles. The Morgan fingerprint density at radius 1 is 0.952 bits per heavy atom. The number of benzene rings is 1. The van der Waals surface area contributed by atoms with E-state index in [0.717, 1.165) is 16.9 Å². The lowest BCUT2D eigenvalue weighted by molar-refractivity contribution is 0.415. The Bertz CT molecular complexity index is 798. The first-order valence-corrected chi connectivity index (χ1v) is 6.29. The largest absolute Gasteiger partial charge is 0.497 e. The van der Waals surface area contributed by atoms with Gasteiger partial charge in [0, 0.05) is 23.5 Å². The minimum Gasteiger partial charge on any atom is -0.497 e. The van der Waals surface area contributed by atoms with E-state index in [1.165, 1.54) is 0 Å². The van der Waals surface area contributed by atoms with Crippen molar-refractivity contribution in [1.82, 2.24) is 19.9 Å². The number of aromatic amines is 1. The molecule has 3 rings (SSSR count). The second-order valence-electron chi connectivity index (χ2n) is 4.29. The van der Waals surface area contributed by atoms with Crippen LogP contribution in [0.15, 0.2) is 53.6 Å². The molecule has 104 valence electrons. The van der Waals surface area contributed by atoms with Gasteiger partial charge < -0.3 is 4.74 Å². The number of hydrogen-bond donors (Lipinski definition) is 1. The van der Waals surface area contributed by atoms with Gasteiger partial charge in [-0.1, -0.05) is 0 Å². The van der Waals surface area contributed by atoms with Crippen molar-refractivity contribution in [2.45, 2.75) is 0 Å². The summed E-state index contributed by atoms with van der Waals surface area (Å²) in [6.45, 7) is 0. The van der Waals surface area contributed by atoms with E-state index in [9.17, 15) is 4.79 Å². The number of pyridine rings is 1. The molecule has 6 nitrogen and oxygen atoms in total. The van der Waals surface area contributed by atoms with Crippen LogP contribution in [0.1, 0.15) is 0 Å². The number of ether oxygens (including phenoxy) is 1. The topological polar surface area (TPSA) is 80.8 Å². The SMILES string of the molecule is COc1ccc(-c2nc(-c3ccncc3)nc(=O)[nH]2)cc1. The first-order valence-electron chi connectivity index (χ1n) is 6.29. The molecule has 6 heteroatoms. The van der Waals surface area contributed by atoms with Crippen molar-refractivity contribution in [1.29, 1.82) is 0 Å². The van der Waals surface area contributed by atoms with Gasteiger partial charge in [0.25, 0.3) is 0 Å². The standard InChI is InChI=1S/C15H12N4O2/c1-21-12-4-2-10(3-5-12)13-17-14(19-15(20)18-13)11-6-8-16-9-7-11/h2-9H,1H3,(H,17,18,19,20). The summed E-state index contributed by atoms with van der Waals surface area (Å²) in [5.74, 6) is 1.57. The van der Waals surface area contributed by atoms with Gasteiger partial charge in [0.15, 0.2) is 5.82 Å². The number of hydrogen-bond acceptors (Lipinski definition) is 5. The highest BCUT2D eigenvalue weighted by Crippen LogP contribution is 2.20. The Morgan fingerprint density at radius 2 is 1.67 bits per heavy atom. The molecular weight excluding hydrogens is 268 g/mol. The quantitative estimate of drug-likeness (QED) is 0.792. The third kappa shape index (κ3) is 2.79. The lowest BCUT2D eigenvalue weighted by Gasteiger charge is -2.05. The van der Waals surface area contributed by atoms with Gasteiger partial charge in [0.2, 0.25) is 0 Å². The highest BCUT2D eigenvalue weighted by atomic mass is 16.5. The Balaban J connectivity index is 2.07. The van der Waals surface area contributed by atoms with Gasteiger partial charge in [0.05, 0.1) is 7.11 Å². The van der Waals surface area contributed by atoms with Crippen LogP contribution >= 0.6 is 0 Å². The fourth-order valence-electron chi connectivity index (χ4n) is 1.90. The maximum absolute atomic E-state index is 11.7. The van der Waals surface area contributed by atoms with Crippen LogP contribution in [0.5, 0.6) is 5.75 Å². The molecule has 0 aliphatic rings. The molecule has 0 amide bonds. The highest BCUT2D eigenvalue weighted by Gasteiger charge is 2.07. The van der Waals surface area contributed by atoms with Gasteiger partial charge >= 0.3 is 5.69 Å². The number of rotatable bonds is 3. The lowest BCUT2D eigenvalue weighted by Crippen LogP contribution is -2.14. The molecular formula is C15H12N4O2. The molecule has 0 radical (unpaired) electrons. The smallest absolute Gasteiger partial charge is 0.348 e. The molecule has 0 aliphatic heterocycles. The van der Waals surface area contributed by atoms with Crippen LogP contribution in [0.3, 0.4) is 0 Å². The number of aromatic nitrogens is 4. The maximum Gasteiger partial charge on any atom is 0.348 e. The summed E-state index contributed by atoms with van der Waals surface area (Å²) in [4.78, 5) is 26.6. The second kappa shape index (κ2) is 5.54. The molecule has 0 bridgehead atoms. The van der Waals surface area contributed by atoms with Crippen molar-refractivity contribution in [3.8, 4) is 28.5 Å². The Hall–Kier alpha value is -3.02. The summed E-state index contributed by atoms with van der Waals surface area (Å²) in [5, 5.41) is 0. The van der Waals surface area contributed by atoms with Crippen molar-refractivity contribution < 1.29 is 4.74 Å². The van der Waals surface area contributed by atoms with Crippen molar-refractivity contribution in [2.75, 3.05) is 7.11 Å². The second-order valence-corrected chi connectivity index (χ2v) is 4.29. The van der Waals surface area contributed by atoms with Gasteiger partial charge in [-0.15, -0.1) is 0 Å². The molecule has 0 atom stereocenters. The van der Waals surface area contributed by atoms with Crippen LogP contribution in [-0.2, 0) is 0 Å². The molecule has 21 heavy (non-hydrogen) atoms. The van der Waals surface area contributed by atoms with Crippen LogP contribution in [0.25, 0.3) is 22.8 Å². The highest BCUT2D eigenvalue weighted by molar-refractivity contribution is 5.60. The summed E-state index contributed by atoms with van der Waals surface area (Å²) in [7, 11) is 1.60. The van der Waals surface area contributed by atoms with E-state index in [4.69, 9.17) is 4.74 Å². The van der Waals surface area contributed by atoms with Crippen molar-refractivity contribution in [2.24, 2.45) is 0 Å². The Morgan fingerprint density at radius 3 is 2.33 bits per heavy atom. The molecule has 3 aromatic rings. The van der Waals surface area contributed by atoms with Crippen molar-refractivity contribution >= 4 is 0 Å². The molecule has 0 spiro atoms. The average Bonchev–Trinajstić information content (AvgIpc) is 2.55. The third-order valence-corrected chi connectivity index (χ3v) is 2.95. The molecule has 2 aromatic heterocycles. The van der Waals surface area contributed by atoms with Crippen LogP contribution in [0, 0.1) is 0 Å². The fourth-order valence-corrected chi connectivity index (χ4v) is 1.90. The Labute approximate surface area is 120 Å². The molecule has 0 aliphatic carbocycles. The summed E-state index contributed by atoms with van der Waals surface area (Å²) in [6.07, 6.45) is 3.26. The van der Waals surface area contributed by atoms with Crippen LogP contribution < -0.4 is 10.4 Å². The van der Waals surface area contributed by atoms with E-state index in [1.54, 1.807) is 31.6 Å². The van der Waals surface area contributed by atoms with Crippen LogP contribution in [0.2, 0.25) is 0 Å². The minimum atomic E-state index is -0.442. The number of methoxy groups -OCH3 is 1. The van der Waals surface area contributed by atoms with Gasteiger partial charge in [-0.3, -0.25) is 9.97 Å². The first kappa shape index (κ1) is 13.0. The summed E-state index contributed by atoms with van der Waals surface area (Å²) < 4.78 is 5.11. The predicted molar refractivity (Wildman–Crippen MR) is 77.9 cm³/mol. The molecule has 0 saturated heterocycles. The monoisotopic (exact) mass is 280 g/mol. The zero-order valence-corrected chi connectivity index (χ0v) is 11.3. The zero-order chi connectivity index (χ0) is 14.7. The van der Waals surface area contributed by atoms with E-state index >= 15 is 0 Å². The molecule has 1 N–H and O–H groups in total. The Kier molecular flexibility index (Phi) is 3.42. The van der Waals surface area contributed by atoms with Gasteiger partial charge in [0.1, 0.15) is 11.6 Å². The van der Waals surface area contributed by atoms with Crippen LogP contribution in [-0.4, -0.2) is 27.0 Å². The van der Waals surface area contributed by atoms with Gasteiger partial charge in [-0.25, -0.2) is 9.78 Å². The van der Waals surface area contributed by atoms with Gasteiger partial charge in [-0.2, -0.15) is 4.98 Å². The van der Waals surface area contributed by atoms with E-state index in [0.29, 0.717) is 11.6 Å².